The number of benzene rings is 1. The van der Waals surface area contributed by atoms with E-state index in [4.69, 9.17) is 14.2 Å². The van der Waals surface area contributed by atoms with Crippen LogP contribution < -0.4 is 4.74 Å². The summed E-state index contributed by atoms with van der Waals surface area (Å²) < 4.78 is 27.1. The van der Waals surface area contributed by atoms with Crippen LogP contribution in [0.4, 0.5) is 4.79 Å². The summed E-state index contributed by atoms with van der Waals surface area (Å²) in [6.07, 6.45) is 14.8. The molecule has 0 N–H and O–H groups in total. The van der Waals surface area contributed by atoms with Crippen LogP contribution in [-0.2, 0) is 9.47 Å². The Hall–Kier alpha value is -2.45. The summed E-state index contributed by atoms with van der Waals surface area (Å²) in [7, 11) is 2.14. The molecule has 39 heavy (non-hydrogen) atoms. The molecule has 0 spiro atoms. The lowest BCUT2D eigenvalue weighted by Crippen LogP contribution is -2.51. The molecule has 0 saturated carbocycles. The predicted molar refractivity (Wildman–Crippen MR) is 158 cm³/mol. The minimum atomic E-state index is -0.600. The van der Waals surface area contributed by atoms with Crippen LogP contribution in [0, 0.1) is 0 Å². The van der Waals surface area contributed by atoms with Crippen LogP contribution in [0.3, 0.4) is 0 Å². The van der Waals surface area contributed by atoms with Crippen molar-refractivity contribution in [3.63, 3.8) is 0 Å². The first-order valence-corrected chi connectivity index (χ1v) is 15.7. The second kappa shape index (κ2) is 17.3. The fourth-order valence-electron chi connectivity index (χ4n) is 5.12. The number of nitrogens with zero attached hydrogens (tertiary/aromatic N) is 3. The van der Waals surface area contributed by atoms with Gasteiger partial charge in [0.1, 0.15) is 12.2 Å². The Balaban J connectivity index is 1.61. The Morgan fingerprint density at radius 1 is 0.923 bits per heavy atom. The molecule has 1 aliphatic heterocycles. The van der Waals surface area contributed by atoms with Crippen LogP contribution in [0.1, 0.15) is 108 Å². The summed E-state index contributed by atoms with van der Waals surface area (Å²) in [5.74, 6) is 0.613. The second-order valence-electron chi connectivity index (χ2n) is 10.8. The van der Waals surface area contributed by atoms with E-state index in [-0.39, 0.29) is 0 Å². The maximum Gasteiger partial charge on any atom is 0.513 e. The van der Waals surface area contributed by atoms with Crippen LogP contribution in [0.5, 0.6) is 5.88 Å². The molecule has 1 aliphatic rings. The number of quaternary nitrogens is 1. The van der Waals surface area contributed by atoms with E-state index in [1.54, 1.807) is 0 Å². The number of likely N-dealkylation sites (N-methyl/N-ethyl adjacent to an activating group) is 1. The molecule has 2 aromatic rings. The molecule has 8 heteroatoms. The first-order valence-electron chi connectivity index (χ1n) is 14.9. The van der Waals surface area contributed by atoms with Gasteiger partial charge in [-0.25, -0.2) is 4.79 Å². The van der Waals surface area contributed by atoms with Crippen LogP contribution in [0.15, 0.2) is 36.4 Å². The van der Waals surface area contributed by atoms with E-state index in [1.807, 2.05) is 30.3 Å². The smallest absolute Gasteiger partial charge is 0.475 e. The molecule has 7 nitrogen and oxygen atoms in total. The van der Waals surface area contributed by atoms with Crippen LogP contribution in [-0.4, -0.2) is 52.7 Å². The highest BCUT2D eigenvalue weighted by Crippen LogP contribution is 2.37. The lowest BCUT2D eigenvalue weighted by molar-refractivity contribution is -0.953. The first kappa shape index (κ1) is 31.1. The number of rotatable bonds is 18. The zero-order chi connectivity index (χ0) is 27.8. The van der Waals surface area contributed by atoms with Crippen molar-refractivity contribution in [1.29, 1.82) is 0 Å². The van der Waals surface area contributed by atoms with Crippen molar-refractivity contribution in [1.82, 2.24) is 8.75 Å². The molecule has 0 aliphatic carbocycles. The van der Waals surface area contributed by atoms with Crippen molar-refractivity contribution in [3.05, 3.63) is 47.7 Å². The summed E-state index contributed by atoms with van der Waals surface area (Å²) >= 11 is 1.18. The maximum absolute atomic E-state index is 12.8. The van der Waals surface area contributed by atoms with Crippen molar-refractivity contribution < 1.29 is 23.5 Å². The molecule has 2 heterocycles. The average Bonchev–Trinajstić information content (AvgIpc) is 3.42. The molecule has 0 bridgehead atoms. The Morgan fingerprint density at radius 2 is 1.59 bits per heavy atom. The highest BCUT2D eigenvalue weighted by atomic mass is 32.1. The van der Waals surface area contributed by atoms with Gasteiger partial charge in [-0.15, -0.1) is 4.37 Å². The Morgan fingerprint density at radius 3 is 2.33 bits per heavy atom. The lowest BCUT2D eigenvalue weighted by atomic mass is 10.0. The van der Waals surface area contributed by atoms with Gasteiger partial charge in [-0.2, -0.15) is 4.37 Å². The minimum Gasteiger partial charge on any atom is -0.475 e. The first-order chi connectivity index (χ1) is 19.1. The van der Waals surface area contributed by atoms with E-state index in [2.05, 4.69) is 35.7 Å². The molecule has 2 unspecified atom stereocenters. The number of ether oxygens (including phenoxy) is 3. The van der Waals surface area contributed by atoms with Crippen molar-refractivity contribution in [2.24, 2.45) is 0 Å². The number of unbranched alkanes of at least 4 members (excludes halogenated alkanes) is 9. The molecule has 3 rings (SSSR count). The molecular formula is C31H48N3O4S+. The largest absolute Gasteiger partial charge is 0.513 e. The third-order valence-electron chi connectivity index (χ3n) is 7.39. The van der Waals surface area contributed by atoms with Crippen LogP contribution >= 0.6 is 11.7 Å². The number of hydrogen-bond acceptors (Lipinski definition) is 7. The van der Waals surface area contributed by atoms with Crippen molar-refractivity contribution >= 4 is 23.5 Å². The van der Waals surface area contributed by atoms with Gasteiger partial charge in [-0.3, -0.25) is 4.48 Å². The number of hydrogen-bond donors (Lipinski definition) is 0. The van der Waals surface area contributed by atoms with Crippen LogP contribution in [0.2, 0.25) is 0 Å². The fourth-order valence-corrected chi connectivity index (χ4v) is 5.65. The monoisotopic (exact) mass is 558 g/mol. The molecule has 0 saturated heterocycles. The maximum atomic E-state index is 12.8. The van der Waals surface area contributed by atoms with Gasteiger partial charge < -0.3 is 14.2 Å². The van der Waals surface area contributed by atoms with Crippen molar-refractivity contribution in [2.75, 3.05) is 33.4 Å². The zero-order valence-electron chi connectivity index (χ0n) is 24.2. The number of aromatic nitrogens is 2. The van der Waals surface area contributed by atoms with Gasteiger partial charge in [-0.1, -0.05) is 95.9 Å². The van der Waals surface area contributed by atoms with E-state index < -0.39 is 12.4 Å². The highest BCUT2D eigenvalue weighted by Gasteiger charge is 2.41. The van der Waals surface area contributed by atoms with Crippen LogP contribution in [0.25, 0.3) is 5.57 Å². The predicted octanol–water partition coefficient (Wildman–Crippen LogP) is 8.33. The molecule has 1 aromatic carbocycles. The standard InChI is InChI=1S/C31H48N3O4S/c1-4-6-8-10-11-12-17-24-37-31(35)38-30(26-19-14-13-15-20-26)34(3)22-18-21-27(25-34)28-29(33-39-32-28)36-23-16-9-7-5-2/h13-15,19-21,30H,4-12,16-18,22-25H2,1-3H3/q+1. The average molecular weight is 559 g/mol. The lowest BCUT2D eigenvalue weighted by Gasteiger charge is -2.42. The van der Waals surface area contributed by atoms with Gasteiger partial charge in [0.15, 0.2) is 0 Å². The summed E-state index contributed by atoms with van der Waals surface area (Å²) in [6.45, 7) is 6.96. The van der Waals surface area contributed by atoms with E-state index in [0.29, 0.717) is 30.1 Å². The van der Waals surface area contributed by atoms with Gasteiger partial charge in [-0.05, 0) is 25.0 Å². The Kier molecular flexibility index (Phi) is 13.8. The van der Waals surface area contributed by atoms with Crippen molar-refractivity contribution in [2.45, 2.75) is 97.1 Å². The zero-order valence-corrected chi connectivity index (χ0v) is 25.1. The van der Waals surface area contributed by atoms with E-state index in [9.17, 15) is 4.79 Å². The summed E-state index contributed by atoms with van der Waals surface area (Å²) in [5, 5.41) is 0. The van der Waals surface area contributed by atoms with Crippen molar-refractivity contribution in [3.8, 4) is 5.88 Å². The van der Waals surface area contributed by atoms with E-state index in [1.165, 1.54) is 56.7 Å². The topological polar surface area (TPSA) is 70.5 Å². The second-order valence-corrected chi connectivity index (χ2v) is 11.3. The fraction of sp³-hybridized carbons (Fsp3) is 0.645. The SMILES string of the molecule is CCCCCCCCCOC(=O)OC(c1ccccc1)[N+]1(C)CCC=C(c2nsnc2OCCCCCC)C1. The Bertz CT molecular complexity index is 997. The normalized spacial score (nSPS) is 17.9. The number of carbonyl (C=O) groups is 1. The van der Waals surface area contributed by atoms with Gasteiger partial charge in [0.05, 0.1) is 44.1 Å². The van der Waals surface area contributed by atoms with Gasteiger partial charge in [0.25, 0.3) is 12.1 Å². The van der Waals surface area contributed by atoms with Gasteiger partial charge >= 0.3 is 6.16 Å². The Labute approximate surface area is 239 Å². The molecule has 0 amide bonds. The van der Waals surface area contributed by atoms with Gasteiger partial charge in [0, 0.05) is 12.0 Å². The summed E-state index contributed by atoms with van der Waals surface area (Å²) in [5.41, 5.74) is 2.85. The number of carbonyl (C=O) groups excluding carboxylic acids is 1. The third kappa shape index (κ3) is 10.2. The summed E-state index contributed by atoms with van der Waals surface area (Å²) in [4.78, 5) is 12.8. The molecule has 0 fully saturated rings. The van der Waals surface area contributed by atoms with Gasteiger partial charge in [0.2, 0.25) is 0 Å². The van der Waals surface area contributed by atoms with E-state index >= 15 is 0 Å². The molecule has 2 atom stereocenters. The summed E-state index contributed by atoms with van der Waals surface area (Å²) in [6, 6.07) is 9.98. The minimum absolute atomic E-state index is 0.395. The third-order valence-corrected chi connectivity index (χ3v) is 7.90. The molecule has 216 valence electrons. The molecule has 1 aromatic heterocycles. The molecular weight excluding hydrogens is 510 g/mol. The molecule has 0 radical (unpaired) electrons. The van der Waals surface area contributed by atoms with E-state index in [0.717, 1.165) is 55.5 Å². The highest BCUT2D eigenvalue weighted by molar-refractivity contribution is 6.99. The quantitative estimate of drug-likeness (QED) is 0.104.